The molecular formula is C12H21N2O+. The van der Waals surface area contributed by atoms with Crippen molar-refractivity contribution in [1.29, 1.82) is 0 Å². The Morgan fingerprint density at radius 2 is 1.80 bits per heavy atom. The molecule has 1 N–H and O–H groups in total. The Bertz CT molecular complexity index is 300. The van der Waals surface area contributed by atoms with Crippen LogP contribution in [0, 0.1) is 0 Å². The standard InChI is InChI=1S/C12H21N2O/c1-12(2,3)14-7-5-11(6-8-14)13(4)9-10-15/h5-8,15H,9-10H2,1-4H3/q+1. The minimum Gasteiger partial charge on any atom is -0.395 e. The van der Waals surface area contributed by atoms with Crippen LogP contribution in [0.25, 0.3) is 0 Å². The molecule has 0 aromatic carbocycles. The number of nitrogens with zero attached hydrogens (tertiary/aromatic N) is 2. The molecule has 0 bridgehead atoms. The molecule has 1 aromatic heterocycles. The fraction of sp³-hybridized carbons (Fsp3) is 0.583. The average Bonchev–Trinajstić information content (AvgIpc) is 2.17. The summed E-state index contributed by atoms with van der Waals surface area (Å²) >= 11 is 0. The van der Waals surface area contributed by atoms with Crippen molar-refractivity contribution < 1.29 is 9.67 Å². The van der Waals surface area contributed by atoms with E-state index in [0.717, 1.165) is 5.69 Å². The predicted molar refractivity (Wildman–Crippen MR) is 62.0 cm³/mol. The highest BCUT2D eigenvalue weighted by Gasteiger charge is 2.20. The molecular weight excluding hydrogens is 188 g/mol. The minimum absolute atomic E-state index is 0.119. The molecule has 0 fully saturated rings. The zero-order valence-electron chi connectivity index (χ0n) is 10.1. The Kier molecular flexibility index (Phi) is 3.69. The van der Waals surface area contributed by atoms with Gasteiger partial charge in [0.1, 0.15) is 0 Å². The van der Waals surface area contributed by atoms with Gasteiger partial charge in [0.15, 0.2) is 17.9 Å². The van der Waals surface area contributed by atoms with Crippen LogP contribution in [-0.2, 0) is 5.54 Å². The number of likely N-dealkylation sites (N-methyl/N-ethyl adjacent to an activating group) is 1. The van der Waals surface area contributed by atoms with Crippen molar-refractivity contribution in [3.8, 4) is 0 Å². The predicted octanol–water partition coefficient (Wildman–Crippen LogP) is 1.16. The molecule has 0 aliphatic rings. The number of hydrogen-bond donors (Lipinski definition) is 1. The zero-order chi connectivity index (χ0) is 11.5. The maximum Gasteiger partial charge on any atom is 0.171 e. The van der Waals surface area contributed by atoms with Gasteiger partial charge in [0.2, 0.25) is 0 Å². The second kappa shape index (κ2) is 4.62. The van der Waals surface area contributed by atoms with Gasteiger partial charge in [-0.05, 0) is 0 Å². The number of aliphatic hydroxyl groups is 1. The third kappa shape index (κ3) is 3.20. The van der Waals surface area contributed by atoms with Crippen LogP contribution in [-0.4, -0.2) is 25.3 Å². The van der Waals surface area contributed by atoms with Crippen LogP contribution < -0.4 is 9.47 Å². The van der Waals surface area contributed by atoms with E-state index in [1.54, 1.807) is 0 Å². The number of aliphatic hydroxyl groups excluding tert-OH is 1. The SMILES string of the molecule is CN(CCO)c1cc[n+](C(C)(C)C)cc1. The molecule has 0 unspecified atom stereocenters. The first-order valence-electron chi connectivity index (χ1n) is 5.29. The lowest BCUT2D eigenvalue weighted by molar-refractivity contribution is -0.754. The van der Waals surface area contributed by atoms with Crippen LogP contribution in [0.2, 0.25) is 0 Å². The van der Waals surface area contributed by atoms with Crippen LogP contribution in [0.5, 0.6) is 0 Å². The molecule has 0 aliphatic heterocycles. The van der Waals surface area contributed by atoms with Crippen molar-refractivity contribution in [2.24, 2.45) is 0 Å². The zero-order valence-corrected chi connectivity index (χ0v) is 10.1. The van der Waals surface area contributed by atoms with Gasteiger partial charge in [-0.15, -0.1) is 0 Å². The van der Waals surface area contributed by atoms with Crippen LogP contribution in [0.1, 0.15) is 20.8 Å². The van der Waals surface area contributed by atoms with Crippen LogP contribution in [0.4, 0.5) is 5.69 Å². The molecule has 84 valence electrons. The first-order valence-corrected chi connectivity index (χ1v) is 5.29. The second-order valence-corrected chi connectivity index (χ2v) is 4.78. The first kappa shape index (κ1) is 12.0. The Hall–Kier alpha value is -1.09. The summed E-state index contributed by atoms with van der Waals surface area (Å²) in [5.41, 5.74) is 1.25. The molecule has 0 atom stereocenters. The summed E-state index contributed by atoms with van der Waals surface area (Å²) in [6.07, 6.45) is 4.15. The number of aromatic nitrogens is 1. The van der Waals surface area contributed by atoms with Gasteiger partial charge in [0.05, 0.1) is 6.61 Å². The van der Waals surface area contributed by atoms with E-state index in [1.165, 1.54) is 0 Å². The summed E-state index contributed by atoms with van der Waals surface area (Å²) in [6.45, 7) is 7.36. The van der Waals surface area contributed by atoms with E-state index in [2.05, 4.69) is 49.9 Å². The summed E-state index contributed by atoms with van der Waals surface area (Å²) in [7, 11) is 1.98. The van der Waals surface area contributed by atoms with Gasteiger partial charge in [-0.25, -0.2) is 4.57 Å². The normalized spacial score (nSPS) is 11.5. The van der Waals surface area contributed by atoms with Crippen LogP contribution >= 0.6 is 0 Å². The number of hydrogen-bond acceptors (Lipinski definition) is 2. The molecule has 15 heavy (non-hydrogen) atoms. The van der Waals surface area contributed by atoms with E-state index in [4.69, 9.17) is 5.11 Å². The second-order valence-electron chi connectivity index (χ2n) is 4.78. The van der Waals surface area contributed by atoms with Gasteiger partial charge in [-0.3, -0.25) is 0 Å². The summed E-state index contributed by atoms with van der Waals surface area (Å²) in [5.74, 6) is 0. The number of pyridine rings is 1. The third-order valence-corrected chi connectivity index (χ3v) is 2.46. The summed E-state index contributed by atoms with van der Waals surface area (Å²) in [6, 6.07) is 4.14. The monoisotopic (exact) mass is 209 g/mol. The lowest BCUT2D eigenvalue weighted by Gasteiger charge is -2.18. The molecule has 1 aromatic rings. The fourth-order valence-corrected chi connectivity index (χ4v) is 1.40. The van der Waals surface area contributed by atoms with Crippen molar-refractivity contribution in [2.45, 2.75) is 26.3 Å². The Balaban J connectivity index is 2.81. The lowest BCUT2D eigenvalue weighted by Crippen LogP contribution is -2.49. The van der Waals surface area contributed by atoms with E-state index < -0.39 is 0 Å². The quantitative estimate of drug-likeness (QED) is 0.756. The molecule has 1 heterocycles. The van der Waals surface area contributed by atoms with Crippen LogP contribution in [0.15, 0.2) is 24.5 Å². The van der Waals surface area contributed by atoms with E-state index in [9.17, 15) is 0 Å². The van der Waals surface area contributed by atoms with E-state index >= 15 is 0 Å². The van der Waals surface area contributed by atoms with Crippen molar-refractivity contribution in [3.05, 3.63) is 24.5 Å². The van der Waals surface area contributed by atoms with Crippen LogP contribution in [0.3, 0.4) is 0 Å². The third-order valence-electron chi connectivity index (χ3n) is 2.46. The molecule has 0 saturated heterocycles. The first-order chi connectivity index (χ1) is 6.95. The van der Waals surface area contributed by atoms with E-state index in [0.29, 0.717) is 6.54 Å². The highest BCUT2D eigenvalue weighted by atomic mass is 16.3. The Morgan fingerprint density at radius 3 is 2.20 bits per heavy atom. The van der Waals surface area contributed by atoms with E-state index in [1.807, 2.05) is 11.9 Å². The number of rotatable bonds is 3. The van der Waals surface area contributed by atoms with Gasteiger partial charge in [0.25, 0.3) is 0 Å². The molecule has 0 spiro atoms. The van der Waals surface area contributed by atoms with E-state index in [-0.39, 0.29) is 12.1 Å². The van der Waals surface area contributed by atoms with Crippen molar-refractivity contribution in [2.75, 3.05) is 25.1 Å². The fourth-order valence-electron chi connectivity index (χ4n) is 1.40. The lowest BCUT2D eigenvalue weighted by atomic mass is 10.1. The smallest absolute Gasteiger partial charge is 0.171 e. The highest BCUT2D eigenvalue weighted by Crippen LogP contribution is 2.10. The summed E-state index contributed by atoms with van der Waals surface area (Å²) in [5, 5.41) is 8.83. The molecule has 1 rings (SSSR count). The summed E-state index contributed by atoms with van der Waals surface area (Å²) in [4.78, 5) is 2.03. The molecule has 0 amide bonds. The highest BCUT2D eigenvalue weighted by molar-refractivity contribution is 5.42. The molecule has 3 heteroatoms. The average molecular weight is 209 g/mol. The summed E-state index contributed by atoms with van der Waals surface area (Å²) < 4.78 is 2.17. The van der Waals surface area contributed by atoms with Crippen molar-refractivity contribution in [1.82, 2.24) is 0 Å². The van der Waals surface area contributed by atoms with Gasteiger partial charge >= 0.3 is 0 Å². The van der Waals surface area contributed by atoms with Gasteiger partial charge < -0.3 is 10.0 Å². The molecule has 0 saturated carbocycles. The molecule has 0 aliphatic carbocycles. The topological polar surface area (TPSA) is 27.3 Å². The molecule has 0 radical (unpaired) electrons. The van der Waals surface area contributed by atoms with Crippen molar-refractivity contribution in [3.63, 3.8) is 0 Å². The largest absolute Gasteiger partial charge is 0.395 e. The van der Waals surface area contributed by atoms with Crippen molar-refractivity contribution >= 4 is 5.69 Å². The van der Waals surface area contributed by atoms with Gasteiger partial charge in [0, 0.05) is 52.2 Å². The van der Waals surface area contributed by atoms with Gasteiger partial charge in [-0.2, -0.15) is 0 Å². The number of anilines is 1. The molecule has 3 nitrogen and oxygen atoms in total. The van der Waals surface area contributed by atoms with Gasteiger partial charge in [-0.1, -0.05) is 0 Å². The maximum atomic E-state index is 8.83. The Morgan fingerprint density at radius 1 is 1.27 bits per heavy atom. The maximum absolute atomic E-state index is 8.83. The Labute approximate surface area is 92.0 Å². The minimum atomic E-state index is 0.119.